The van der Waals surface area contributed by atoms with Crippen molar-refractivity contribution in [1.29, 1.82) is 0 Å². The third-order valence-electron chi connectivity index (χ3n) is 5.12. The summed E-state index contributed by atoms with van der Waals surface area (Å²) in [5, 5.41) is 4.03. The summed E-state index contributed by atoms with van der Waals surface area (Å²) >= 11 is 0. The van der Waals surface area contributed by atoms with Crippen molar-refractivity contribution >= 4 is 0 Å². The first kappa shape index (κ1) is 19.3. The number of hydrogen-bond acceptors (Lipinski definition) is 6. The highest BCUT2D eigenvalue weighted by Gasteiger charge is 2.50. The van der Waals surface area contributed by atoms with Crippen molar-refractivity contribution < 1.29 is 14.0 Å². The molecule has 0 unspecified atom stereocenters. The largest absolute Gasteiger partial charge is 0.378 e. The summed E-state index contributed by atoms with van der Waals surface area (Å²) in [5.74, 6) is 1.26. The molecule has 1 fully saturated rings. The average molecular weight is 339 g/mol. The van der Waals surface area contributed by atoms with Crippen LogP contribution in [-0.2, 0) is 16.0 Å². The monoisotopic (exact) mass is 339 g/mol. The van der Waals surface area contributed by atoms with E-state index in [9.17, 15) is 0 Å². The number of hydrogen-bond donors (Lipinski definition) is 0. The first-order valence-electron chi connectivity index (χ1n) is 9.16. The van der Waals surface area contributed by atoms with Gasteiger partial charge in [0.1, 0.15) is 6.10 Å². The summed E-state index contributed by atoms with van der Waals surface area (Å²) in [7, 11) is 2.12. The lowest BCUT2D eigenvalue weighted by molar-refractivity contribution is -0.150. The van der Waals surface area contributed by atoms with Gasteiger partial charge < -0.3 is 14.0 Å². The Balaban J connectivity index is 1.86. The fourth-order valence-electron chi connectivity index (χ4n) is 3.41. The molecular weight excluding hydrogens is 306 g/mol. The predicted molar refractivity (Wildman–Crippen MR) is 92.6 cm³/mol. The summed E-state index contributed by atoms with van der Waals surface area (Å²) in [6.07, 6.45) is 3.58. The van der Waals surface area contributed by atoms with Gasteiger partial charge in [-0.05, 0) is 33.7 Å². The molecule has 138 valence electrons. The van der Waals surface area contributed by atoms with Gasteiger partial charge in [0.15, 0.2) is 5.82 Å². The predicted octanol–water partition coefficient (Wildman–Crippen LogP) is 3.58. The van der Waals surface area contributed by atoms with E-state index in [0.29, 0.717) is 37.0 Å². The van der Waals surface area contributed by atoms with Crippen LogP contribution in [0.3, 0.4) is 0 Å². The van der Waals surface area contributed by atoms with Gasteiger partial charge in [0.25, 0.3) is 0 Å². The van der Waals surface area contributed by atoms with Gasteiger partial charge >= 0.3 is 0 Å². The minimum atomic E-state index is -0.130. The topological polar surface area (TPSA) is 60.6 Å². The van der Waals surface area contributed by atoms with Crippen molar-refractivity contribution in [1.82, 2.24) is 15.0 Å². The highest BCUT2D eigenvalue weighted by atomic mass is 16.5. The molecule has 0 aromatic carbocycles. The molecular formula is C18H33N3O3. The van der Waals surface area contributed by atoms with Crippen LogP contribution < -0.4 is 0 Å². The first-order chi connectivity index (χ1) is 11.4. The second-order valence-electron chi connectivity index (χ2n) is 7.34. The summed E-state index contributed by atoms with van der Waals surface area (Å²) in [6, 6.07) is 0.462. The van der Waals surface area contributed by atoms with E-state index in [4.69, 9.17) is 14.0 Å². The fraction of sp³-hybridized carbons (Fsp3) is 0.889. The Bertz CT molecular complexity index is 503. The van der Waals surface area contributed by atoms with Gasteiger partial charge in [-0.1, -0.05) is 32.3 Å². The van der Waals surface area contributed by atoms with E-state index in [1.54, 1.807) is 0 Å². The Labute approximate surface area is 145 Å². The van der Waals surface area contributed by atoms with Crippen LogP contribution in [0.15, 0.2) is 4.52 Å². The summed E-state index contributed by atoms with van der Waals surface area (Å²) in [5.41, 5.74) is 0.143. The molecule has 1 aliphatic carbocycles. The van der Waals surface area contributed by atoms with E-state index in [0.717, 1.165) is 19.4 Å². The van der Waals surface area contributed by atoms with Crippen LogP contribution >= 0.6 is 0 Å². The zero-order valence-electron chi connectivity index (χ0n) is 16.0. The molecule has 1 aromatic rings. The van der Waals surface area contributed by atoms with E-state index in [-0.39, 0.29) is 11.5 Å². The van der Waals surface area contributed by atoms with Crippen LogP contribution in [0.2, 0.25) is 0 Å². The lowest BCUT2D eigenvalue weighted by atomic mass is 9.64. The van der Waals surface area contributed by atoms with Crippen LogP contribution in [-0.4, -0.2) is 47.4 Å². The Hall–Kier alpha value is -0.980. The van der Waals surface area contributed by atoms with Crippen LogP contribution in [0.5, 0.6) is 0 Å². The standard InChI is InChI=1S/C18H33N3O3/c1-7-9-10-23-15-11-14(18(15,4)5)21(6)12-16-19-17(20-24-16)13(3)22-8-2/h13-15H,7-12H2,1-6H3/t13-,14-,15-/m1/s1. The molecule has 0 bridgehead atoms. The van der Waals surface area contributed by atoms with Gasteiger partial charge in [-0.2, -0.15) is 4.98 Å². The summed E-state index contributed by atoms with van der Waals surface area (Å²) in [6.45, 7) is 12.8. The van der Waals surface area contributed by atoms with E-state index < -0.39 is 0 Å². The Morgan fingerprint density at radius 3 is 2.75 bits per heavy atom. The molecule has 0 amide bonds. The van der Waals surface area contributed by atoms with Gasteiger partial charge in [0.05, 0.1) is 12.6 Å². The molecule has 0 N–H and O–H groups in total. The van der Waals surface area contributed by atoms with Gasteiger partial charge in [-0.25, -0.2) is 0 Å². The molecule has 6 heteroatoms. The SMILES string of the molecule is CCCCO[C@@H]1C[C@@H](N(C)Cc2nc([C@@H](C)OCC)no2)C1(C)C. The van der Waals surface area contributed by atoms with Crippen molar-refractivity contribution in [3.63, 3.8) is 0 Å². The maximum absolute atomic E-state index is 6.03. The molecule has 0 radical (unpaired) electrons. The van der Waals surface area contributed by atoms with Gasteiger partial charge in [0.2, 0.25) is 5.89 Å². The molecule has 0 aliphatic heterocycles. The molecule has 3 atom stereocenters. The molecule has 1 saturated carbocycles. The normalized spacial score (nSPS) is 24.1. The van der Waals surface area contributed by atoms with Crippen LogP contribution in [0.25, 0.3) is 0 Å². The molecule has 6 nitrogen and oxygen atoms in total. The highest BCUT2D eigenvalue weighted by Crippen LogP contribution is 2.45. The summed E-state index contributed by atoms with van der Waals surface area (Å²) < 4.78 is 16.9. The van der Waals surface area contributed by atoms with Gasteiger partial charge in [-0.3, -0.25) is 4.90 Å². The Morgan fingerprint density at radius 1 is 1.38 bits per heavy atom. The lowest BCUT2D eigenvalue weighted by Gasteiger charge is -2.54. The van der Waals surface area contributed by atoms with E-state index >= 15 is 0 Å². The number of ether oxygens (including phenoxy) is 2. The highest BCUT2D eigenvalue weighted by molar-refractivity contribution is 5.04. The van der Waals surface area contributed by atoms with E-state index in [2.05, 4.69) is 42.9 Å². The Morgan fingerprint density at radius 2 is 2.12 bits per heavy atom. The number of rotatable bonds is 10. The number of nitrogens with zero attached hydrogens (tertiary/aromatic N) is 3. The lowest BCUT2D eigenvalue weighted by Crippen LogP contribution is -2.61. The van der Waals surface area contributed by atoms with Gasteiger partial charge in [-0.15, -0.1) is 0 Å². The maximum atomic E-state index is 6.03. The van der Waals surface area contributed by atoms with E-state index in [1.807, 2.05) is 13.8 Å². The molecule has 1 heterocycles. The van der Waals surface area contributed by atoms with Crippen molar-refractivity contribution in [2.45, 2.75) is 78.7 Å². The van der Waals surface area contributed by atoms with Crippen molar-refractivity contribution in [3.05, 3.63) is 11.7 Å². The van der Waals surface area contributed by atoms with Crippen LogP contribution in [0.4, 0.5) is 0 Å². The quantitative estimate of drug-likeness (QED) is 0.607. The second-order valence-corrected chi connectivity index (χ2v) is 7.34. The number of unbranched alkanes of at least 4 members (excludes halogenated alkanes) is 1. The molecule has 24 heavy (non-hydrogen) atoms. The molecule has 1 aromatic heterocycles. The zero-order chi connectivity index (χ0) is 17.7. The smallest absolute Gasteiger partial charge is 0.240 e. The van der Waals surface area contributed by atoms with Gasteiger partial charge in [0, 0.05) is 24.7 Å². The molecule has 0 spiro atoms. The fourth-order valence-corrected chi connectivity index (χ4v) is 3.41. The molecule has 2 rings (SSSR count). The average Bonchev–Trinajstić information content (AvgIpc) is 2.98. The maximum Gasteiger partial charge on any atom is 0.240 e. The van der Waals surface area contributed by atoms with E-state index in [1.165, 1.54) is 6.42 Å². The van der Waals surface area contributed by atoms with Crippen molar-refractivity contribution in [3.8, 4) is 0 Å². The second kappa shape index (κ2) is 8.41. The molecule has 1 aliphatic rings. The third kappa shape index (κ3) is 4.35. The van der Waals surface area contributed by atoms with Crippen LogP contribution in [0.1, 0.15) is 71.7 Å². The third-order valence-corrected chi connectivity index (χ3v) is 5.12. The minimum absolute atomic E-state index is 0.130. The summed E-state index contributed by atoms with van der Waals surface area (Å²) in [4.78, 5) is 6.76. The van der Waals surface area contributed by atoms with Crippen molar-refractivity contribution in [2.75, 3.05) is 20.3 Å². The van der Waals surface area contributed by atoms with Crippen molar-refractivity contribution in [2.24, 2.45) is 5.41 Å². The van der Waals surface area contributed by atoms with Crippen LogP contribution in [0, 0.1) is 5.41 Å². The first-order valence-corrected chi connectivity index (χ1v) is 9.16. The Kier molecular flexibility index (Phi) is 6.78. The number of aromatic nitrogens is 2. The molecule has 0 saturated heterocycles. The zero-order valence-corrected chi connectivity index (χ0v) is 16.0. The minimum Gasteiger partial charge on any atom is -0.378 e.